The highest BCUT2D eigenvalue weighted by atomic mass is 15.1. The number of aryl methyl sites for hydroxylation is 3. The van der Waals surface area contributed by atoms with Crippen LogP contribution in [-0.4, -0.2) is 9.55 Å². The molecule has 0 aliphatic carbocycles. The summed E-state index contributed by atoms with van der Waals surface area (Å²) in [7, 11) is 0. The van der Waals surface area contributed by atoms with Crippen LogP contribution in [0.15, 0.2) is 18.2 Å². The van der Waals surface area contributed by atoms with Crippen LogP contribution in [-0.2, 0) is 13.0 Å². The van der Waals surface area contributed by atoms with E-state index in [0.29, 0.717) is 0 Å². The van der Waals surface area contributed by atoms with E-state index in [9.17, 15) is 0 Å². The second-order valence-electron chi connectivity index (χ2n) is 5.07. The number of nitrogens with zero attached hydrogens (tertiary/aromatic N) is 2. The summed E-state index contributed by atoms with van der Waals surface area (Å²) >= 11 is 0. The normalized spacial score (nSPS) is 10.9. The van der Waals surface area contributed by atoms with E-state index in [-0.39, 0.29) is 0 Å². The van der Waals surface area contributed by atoms with Gasteiger partial charge in [0.15, 0.2) is 0 Å². The third-order valence-corrected chi connectivity index (χ3v) is 3.52. The molecular formula is C16H23N3. The molecule has 3 heteroatoms. The van der Waals surface area contributed by atoms with E-state index in [1.807, 2.05) is 0 Å². The van der Waals surface area contributed by atoms with Gasteiger partial charge in [-0.2, -0.15) is 0 Å². The van der Waals surface area contributed by atoms with Crippen LogP contribution in [0.1, 0.15) is 37.2 Å². The van der Waals surface area contributed by atoms with Crippen LogP contribution in [0.25, 0.3) is 11.3 Å². The van der Waals surface area contributed by atoms with Crippen molar-refractivity contribution in [3.63, 3.8) is 0 Å². The fourth-order valence-corrected chi connectivity index (χ4v) is 2.47. The fraction of sp³-hybridized carbons (Fsp3) is 0.438. The highest BCUT2D eigenvalue weighted by Gasteiger charge is 2.16. The monoisotopic (exact) mass is 257 g/mol. The van der Waals surface area contributed by atoms with Crippen LogP contribution in [0.5, 0.6) is 0 Å². The summed E-state index contributed by atoms with van der Waals surface area (Å²) in [5, 5.41) is 0. The zero-order chi connectivity index (χ0) is 14.0. The minimum absolute atomic E-state index is 0.791. The molecule has 1 aromatic heterocycles. The molecule has 3 nitrogen and oxygen atoms in total. The van der Waals surface area contributed by atoms with Gasteiger partial charge in [0.2, 0.25) is 0 Å². The quantitative estimate of drug-likeness (QED) is 0.907. The molecule has 0 radical (unpaired) electrons. The standard InChI is InChI=1S/C16H23N3/c1-5-7-14-18-15(16(17)19(14)6-2)13-10-11(3)8-9-12(13)4/h8-10H,5-7,17H2,1-4H3. The van der Waals surface area contributed by atoms with Crippen LogP contribution < -0.4 is 5.73 Å². The van der Waals surface area contributed by atoms with Crippen molar-refractivity contribution in [1.29, 1.82) is 0 Å². The van der Waals surface area contributed by atoms with E-state index in [4.69, 9.17) is 10.7 Å². The number of benzene rings is 1. The molecule has 1 heterocycles. The fourth-order valence-electron chi connectivity index (χ4n) is 2.47. The van der Waals surface area contributed by atoms with Gasteiger partial charge in [-0.15, -0.1) is 0 Å². The number of aromatic nitrogens is 2. The summed E-state index contributed by atoms with van der Waals surface area (Å²) in [6.45, 7) is 9.37. The van der Waals surface area contributed by atoms with E-state index >= 15 is 0 Å². The van der Waals surface area contributed by atoms with E-state index < -0.39 is 0 Å². The zero-order valence-corrected chi connectivity index (χ0v) is 12.3. The van der Waals surface area contributed by atoms with Crippen molar-refractivity contribution in [2.75, 3.05) is 5.73 Å². The number of hydrogen-bond acceptors (Lipinski definition) is 2. The molecule has 2 aromatic rings. The van der Waals surface area contributed by atoms with Gasteiger partial charge >= 0.3 is 0 Å². The van der Waals surface area contributed by atoms with Crippen molar-refractivity contribution >= 4 is 5.82 Å². The Morgan fingerprint density at radius 3 is 2.58 bits per heavy atom. The van der Waals surface area contributed by atoms with E-state index in [1.54, 1.807) is 0 Å². The number of rotatable bonds is 4. The smallest absolute Gasteiger partial charge is 0.131 e. The zero-order valence-electron chi connectivity index (χ0n) is 12.3. The van der Waals surface area contributed by atoms with Gasteiger partial charge in [0.1, 0.15) is 17.3 Å². The molecule has 0 atom stereocenters. The summed E-state index contributed by atoms with van der Waals surface area (Å²) in [6, 6.07) is 6.43. The highest BCUT2D eigenvalue weighted by molar-refractivity contribution is 5.74. The molecule has 1 aromatic carbocycles. The van der Waals surface area contributed by atoms with Gasteiger partial charge in [-0.05, 0) is 38.8 Å². The Morgan fingerprint density at radius 1 is 1.21 bits per heavy atom. The summed E-state index contributed by atoms with van der Waals surface area (Å²) in [6.07, 6.45) is 2.06. The Labute approximate surface area is 115 Å². The lowest BCUT2D eigenvalue weighted by Gasteiger charge is -2.07. The van der Waals surface area contributed by atoms with Gasteiger partial charge in [0.05, 0.1) is 0 Å². The van der Waals surface area contributed by atoms with Crippen LogP contribution in [0.4, 0.5) is 5.82 Å². The SMILES string of the molecule is CCCc1nc(-c2cc(C)ccc2C)c(N)n1CC. The molecule has 2 N–H and O–H groups in total. The molecule has 2 rings (SSSR count). The third kappa shape index (κ3) is 2.50. The van der Waals surface area contributed by atoms with Crippen molar-refractivity contribution < 1.29 is 0 Å². The van der Waals surface area contributed by atoms with E-state index in [0.717, 1.165) is 42.3 Å². The lowest BCUT2D eigenvalue weighted by atomic mass is 10.0. The second kappa shape index (κ2) is 5.47. The summed E-state index contributed by atoms with van der Waals surface area (Å²) < 4.78 is 2.13. The van der Waals surface area contributed by atoms with E-state index in [2.05, 4.69) is 50.5 Å². The van der Waals surface area contributed by atoms with E-state index in [1.165, 1.54) is 11.1 Å². The van der Waals surface area contributed by atoms with Crippen molar-refractivity contribution in [1.82, 2.24) is 9.55 Å². The molecule has 0 spiro atoms. The third-order valence-electron chi connectivity index (χ3n) is 3.52. The summed E-state index contributed by atoms with van der Waals surface area (Å²) in [5.41, 5.74) is 10.8. The number of anilines is 1. The van der Waals surface area contributed by atoms with Crippen molar-refractivity contribution in [3.05, 3.63) is 35.2 Å². The van der Waals surface area contributed by atoms with Crippen molar-refractivity contribution in [3.8, 4) is 11.3 Å². The lowest BCUT2D eigenvalue weighted by molar-refractivity contribution is 0.690. The first-order chi connectivity index (χ1) is 9.08. The molecule has 0 unspecified atom stereocenters. The Bertz CT molecular complexity index is 582. The maximum atomic E-state index is 6.30. The largest absolute Gasteiger partial charge is 0.383 e. The molecule has 0 aliphatic heterocycles. The van der Waals surface area contributed by atoms with Gasteiger partial charge in [-0.3, -0.25) is 0 Å². The first-order valence-corrected chi connectivity index (χ1v) is 7.01. The van der Waals surface area contributed by atoms with Crippen LogP contribution >= 0.6 is 0 Å². The van der Waals surface area contributed by atoms with Crippen LogP contribution in [0.3, 0.4) is 0 Å². The lowest BCUT2D eigenvalue weighted by Crippen LogP contribution is -2.05. The van der Waals surface area contributed by atoms with Gasteiger partial charge in [-0.1, -0.05) is 24.6 Å². The first-order valence-electron chi connectivity index (χ1n) is 7.01. The molecule has 0 aliphatic rings. The van der Waals surface area contributed by atoms with Gasteiger partial charge in [0.25, 0.3) is 0 Å². The molecule has 0 fully saturated rings. The minimum atomic E-state index is 0.791. The molecular weight excluding hydrogens is 234 g/mol. The van der Waals surface area contributed by atoms with Crippen LogP contribution in [0.2, 0.25) is 0 Å². The molecule has 0 bridgehead atoms. The Hall–Kier alpha value is -1.77. The minimum Gasteiger partial charge on any atom is -0.383 e. The van der Waals surface area contributed by atoms with Crippen LogP contribution in [0, 0.1) is 13.8 Å². The van der Waals surface area contributed by atoms with Gasteiger partial charge in [-0.25, -0.2) is 4.98 Å². The average molecular weight is 257 g/mol. The molecule has 19 heavy (non-hydrogen) atoms. The Balaban J connectivity index is 2.59. The Morgan fingerprint density at radius 2 is 1.95 bits per heavy atom. The summed E-state index contributed by atoms with van der Waals surface area (Å²) in [4.78, 5) is 4.78. The summed E-state index contributed by atoms with van der Waals surface area (Å²) in [5.74, 6) is 1.89. The van der Waals surface area contributed by atoms with Crippen molar-refractivity contribution in [2.45, 2.75) is 47.1 Å². The topological polar surface area (TPSA) is 43.8 Å². The average Bonchev–Trinajstić information content (AvgIpc) is 2.69. The Kier molecular flexibility index (Phi) is 3.93. The highest BCUT2D eigenvalue weighted by Crippen LogP contribution is 2.30. The van der Waals surface area contributed by atoms with Gasteiger partial charge < -0.3 is 10.3 Å². The number of nitrogens with two attached hydrogens (primary N) is 1. The molecule has 0 saturated carbocycles. The predicted molar refractivity (Wildman–Crippen MR) is 81.2 cm³/mol. The number of nitrogen functional groups attached to an aromatic ring is 1. The predicted octanol–water partition coefficient (Wildman–Crippen LogP) is 3.72. The maximum absolute atomic E-state index is 6.30. The molecule has 102 valence electrons. The van der Waals surface area contributed by atoms with Gasteiger partial charge in [0, 0.05) is 18.5 Å². The molecule has 0 saturated heterocycles. The first kappa shape index (κ1) is 13.7. The second-order valence-corrected chi connectivity index (χ2v) is 5.07. The number of imidazole rings is 1. The maximum Gasteiger partial charge on any atom is 0.131 e. The number of hydrogen-bond donors (Lipinski definition) is 1. The molecule has 0 amide bonds. The van der Waals surface area contributed by atoms with Crippen molar-refractivity contribution in [2.24, 2.45) is 0 Å².